The molecule has 1 amide bonds. The maximum Gasteiger partial charge on any atom is 0.248 e. The van der Waals surface area contributed by atoms with E-state index >= 15 is 0 Å². The SMILES string of the molecule is COCc1cc(=O)[nH]c2cc(NC(=O)CCCCl)ccc12. The van der Waals surface area contributed by atoms with Crippen LogP contribution in [0, 0.1) is 0 Å². The van der Waals surface area contributed by atoms with Gasteiger partial charge in [0, 0.05) is 36.6 Å². The van der Waals surface area contributed by atoms with E-state index in [4.69, 9.17) is 16.3 Å². The lowest BCUT2D eigenvalue weighted by molar-refractivity contribution is -0.116. The molecule has 0 fully saturated rings. The summed E-state index contributed by atoms with van der Waals surface area (Å²) in [7, 11) is 1.58. The fraction of sp³-hybridized carbons (Fsp3) is 0.333. The van der Waals surface area contributed by atoms with Crippen molar-refractivity contribution in [2.45, 2.75) is 19.4 Å². The topological polar surface area (TPSA) is 71.2 Å². The van der Waals surface area contributed by atoms with E-state index < -0.39 is 0 Å². The van der Waals surface area contributed by atoms with E-state index in [-0.39, 0.29) is 11.5 Å². The van der Waals surface area contributed by atoms with Crippen molar-refractivity contribution < 1.29 is 9.53 Å². The van der Waals surface area contributed by atoms with Gasteiger partial charge in [-0.25, -0.2) is 0 Å². The van der Waals surface area contributed by atoms with Gasteiger partial charge in [0.1, 0.15) is 0 Å². The van der Waals surface area contributed by atoms with Crippen molar-refractivity contribution in [3.05, 3.63) is 40.2 Å². The smallest absolute Gasteiger partial charge is 0.248 e. The zero-order valence-electron chi connectivity index (χ0n) is 11.7. The summed E-state index contributed by atoms with van der Waals surface area (Å²) in [6, 6.07) is 6.92. The zero-order valence-corrected chi connectivity index (χ0v) is 12.5. The first-order chi connectivity index (χ1) is 10.1. The Balaban J connectivity index is 2.29. The van der Waals surface area contributed by atoms with Gasteiger partial charge < -0.3 is 15.0 Å². The molecule has 0 atom stereocenters. The first-order valence-corrected chi connectivity index (χ1v) is 7.18. The van der Waals surface area contributed by atoms with Crippen molar-refractivity contribution in [2.75, 3.05) is 18.3 Å². The fourth-order valence-corrected chi connectivity index (χ4v) is 2.27. The molecule has 0 unspecified atom stereocenters. The van der Waals surface area contributed by atoms with E-state index in [1.165, 1.54) is 6.07 Å². The molecule has 6 heteroatoms. The third-order valence-electron chi connectivity index (χ3n) is 3.05. The molecule has 0 aliphatic rings. The minimum Gasteiger partial charge on any atom is -0.380 e. The van der Waals surface area contributed by atoms with E-state index in [1.807, 2.05) is 6.07 Å². The number of alkyl halides is 1. The van der Waals surface area contributed by atoms with Crippen LogP contribution in [-0.4, -0.2) is 23.9 Å². The van der Waals surface area contributed by atoms with Crippen LogP contribution in [0.3, 0.4) is 0 Å². The van der Waals surface area contributed by atoms with Gasteiger partial charge in [0.05, 0.1) is 12.1 Å². The largest absolute Gasteiger partial charge is 0.380 e. The number of aromatic amines is 1. The van der Waals surface area contributed by atoms with Gasteiger partial charge in [0.25, 0.3) is 0 Å². The Bertz CT molecular complexity index is 697. The predicted octanol–water partition coefficient (Wildman–Crippen LogP) is 2.63. The van der Waals surface area contributed by atoms with Gasteiger partial charge in [0.2, 0.25) is 11.5 Å². The van der Waals surface area contributed by atoms with Gasteiger partial charge in [-0.2, -0.15) is 0 Å². The first-order valence-electron chi connectivity index (χ1n) is 6.64. The lowest BCUT2D eigenvalue weighted by atomic mass is 10.1. The molecule has 1 aromatic heterocycles. The highest BCUT2D eigenvalue weighted by molar-refractivity contribution is 6.18. The number of nitrogens with one attached hydrogen (secondary N) is 2. The van der Waals surface area contributed by atoms with Crippen LogP contribution < -0.4 is 10.9 Å². The summed E-state index contributed by atoms with van der Waals surface area (Å²) in [4.78, 5) is 26.1. The summed E-state index contributed by atoms with van der Waals surface area (Å²) in [5, 5.41) is 3.69. The molecule has 21 heavy (non-hydrogen) atoms. The van der Waals surface area contributed by atoms with Gasteiger partial charge in [-0.3, -0.25) is 9.59 Å². The molecular formula is C15H17ClN2O3. The van der Waals surface area contributed by atoms with E-state index in [2.05, 4.69) is 10.3 Å². The number of carbonyl (C=O) groups is 1. The number of carbonyl (C=O) groups excluding carboxylic acids is 1. The van der Waals surface area contributed by atoms with Gasteiger partial charge in [0.15, 0.2) is 0 Å². The predicted molar refractivity (Wildman–Crippen MR) is 83.9 cm³/mol. The van der Waals surface area contributed by atoms with Crippen LogP contribution >= 0.6 is 11.6 Å². The van der Waals surface area contributed by atoms with E-state index in [0.717, 1.165) is 10.9 Å². The second-order valence-corrected chi connectivity index (χ2v) is 5.07. The van der Waals surface area contributed by atoms with Crippen molar-refractivity contribution in [3.63, 3.8) is 0 Å². The van der Waals surface area contributed by atoms with Gasteiger partial charge in [-0.15, -0.1) is 11.6 Å². The minimum atomic E-state index is -0.194. The van der Waals surface area contributed by atoms with Crippen molar-refractivity contribution in [1.29, 1.82) is 0 Å². The average molecular weight is 309 g/mol. The molecule has 0 saturated heterocycles. The number of halogens is 1. The summed E-state index contributed by atoms with van der Waals surface area (Å²) in [5.74, 6) is 0.365. The number of pyridine rings is 1. The molecule has 0 aliphatic carbocycles. The van der Waals surface area contributed by atoms with E-state index in [1.54, 1.807) is 19.2 Å². The molecule has 5 nitrogen and oxygen atoms in total. The lowest BCUT2D eigenvalue weighted by Crippen LogP contribution is -2.12. The van der Waals surface area contributed by atoms with Crippen molar-refractivity contribution in [3.8, 4) is 0 Å². The molecular weight excluding hydrogens is 292 g/mol. The van der Waals surface area contributed by atoms with Gasteiger partial charge in [-0.05, 0) is 24.1 Å². The molecule has 2 aromatic rings. The second kappa shape index (κ2) is 7.24. The standard InChI is InChI=1S/C15H17ClN2O3/c1-21-9-10-7-15(20)18-13-8-11(4-5-12(10)13)17-14(19)3-2-6-16/h4-5,7-8H,2-3,6,9H2,1H3,(H,17,19)(H,18,20). The molecule has 2 rings (SSSR count). The Morgan fingerprint density at radius 3 is 2.90 bits per heavy atom. The number of hydrogen-bond acceptors (Lipinski definition) is 3. The highest BCUT2D eigenvalue weighted by atomic mass is 35.5. The average Bonchev–Trinajstić information content (AvgIpc) is 2.45. The maximum absolute atomic E-state index is 11.7. The fourth-order valence-electron chi connectivity index (χ4n) is 2.14. The van der Waals surface area contributed by atoms with Crippen molar-refractivity contribution in [1.82, 2.24) is 4.98 Å². The van der Waals surface area contributed by atoms with E-state index in [0.29, 0.717) is 36.5 Å². The number of fused-ring (bicyclic) bond motifs is 1. The van der Waals surface area contributed by atoms with Crippen molar-refractivity contribution >= 4 is 34.1 Å². The quantitative estimate of drug-likeness (QED) is 0.806. The van der Waals surface area contributed by atoms with Crippen molar-refractivity contribution in [2.24, 2.45) is 0 Å². The molecule has 1 aromatic carbocycles. The lowest BCUT2D eigenvalue weighted by Gasteiger charge is -2.09. The summed E-state index contributed by atoms with van der Waals surface area (Å²) in [6.45, 7) is 0.363. The van der Waals surface area contributed by atoms with Gasteiger partial charge in [-0.1, -0.05) is 6.07 Å². The Labute approximate surface area is 127 Å². The van der Waals surface area contributed by atoms with Crippen LogP contribution in [0.1, 0.15) is 18.4 Å². The van der Waals surface area contributed by atoms with E-state index in [9.17, 15) is 9.59 Å². The highest BCUT2D eigenvalue weighted by Crippen LogP contribution is 2.20. The molecule has 0 spiro atoms. The number of rotatable bonds is 6. The summed E-state index contributed by atoms with van der Waals surface area (Å²) >= 11 is 5.56. The zero-order chi connectivity index (χ0) is 15.2. The maximum atomic E-state index is 11.7. The Hall–Kier alpha value is -1.85. The number of amides is 1. The highest BCUT2D eigenvalue weighted by Gasteiger charge is 2.06. The molecule has 0 radical (unpaired) electrons. The summed E-state index contributed by atoms with van der Waals surface area (Å²) in [5.41, 5.74) is 1.94. The summed E-state index contributed by atoms with van der Waals surface area (Å²) in [6.07, 6.45) is 1.01. The van der Waals surface area contributed by atoms with Crippen LogP contribution in [0.4, 0.5) is 5.69 Å². The molecule has 112 valence electrons. The number of anilines is 1. The number of benzene rings is 1. The molecule has 1 heterocycles. The third kappa shape index (κ3) is 4.06. The monoisotopic (exact) mass is 308 g/mol. The minimum absolute atomic E-state index is 0.0922. The Morgan fingerprint density at radius 2 is 2.19 bits per heavy atom. The number of hydrogen-bond donors (Lipinski definition) is 2. The van der Waals surface area contributed by atoms with Crippen LogP contribution in [0.15, 0.2) is 29.1 Å². The molecule has 2 N–H and O–H groups in total. The molecule has 0 aliphatic heterocycles. The second-order valence-electron chi connectivity index (χ2n) is 4.69. The molecule has 0 bridgehead atoms. The first kappa shape index (κ1) is 15.5. The van der Waals surface area contributed by atoms with Crippen LogP contribution in [0.5, 0.6) is 0 Å². The Morgan fingerprint density at radius 1 is 1.38 bits per heavy atom. The number of aromatic nitrogens is 1. The van der Waals surface area contributed by atoms with Crippen LogP contribution in [0.2, 0.25) is 0 Å². The number of methoxy groups -OCH3 is 1. The van der Waals surface area contributed by atoms with Crippen LogP contribution in [0.25, 0.3) is 10.9 Å². The normalized spacial score (nSPS) is 10.8. The summed E-state index contributed by atoms with van der Waals surface area (Å²) < 4.78 is 5.10. The number of H-pyrrole nitrogens is 1. The Kier molecular flexibility index (Phi) is 5.36. The van der Waals surface area contributed by atoms with Crippen LogP contribution in [-0.2, 0) is 16.1 Å². The van der Waals surface area contributed by atoms with Gasteiger partial charge >= 0.3 is 0 Å². The third-order valence-corrected chi connectivity index (χ3v) is 3.32. The number of ether oxygens (including phenoxy) is 1. The molecule has 0 saturated carbocycles.